The number of aromatic nitrogens is 1. The van der Waals surface area contributed by atoms with Crippen LogP contribution in [0.25, 0.3) is 0 Å². The van der Waals surface area contributed by atoms with E-state index in [1.165, 1.54) is 11.3 Å². The van der Waals surface area contributed by atoms with Crippen molar-refractivity contribution < 1.29 is 9.59 Å². The average Bonchev–Trinajstić information content (AvgIpc) is 3.14. The molecule has 0 spiro atoms. The first-order valence-electron chi connectivity index (χ1n) is 7.67. The van der Waals surface area contributed by atoms with Crippen LogP contribution in [0, 0.1) is 13.8 Å². The van der Waals surface area contributed by atoms with Crippen molar-refractivity contribution in [3.05, 3.63) is 45.9 Å². The van der Waals surface area contributed by atoms with Gasteiger partial charge < -0.3 is 10.2 Å². The number of para-hydroxylation sites is 1. The molecule has 5 nitrogen and oxygen atoms in total. The fourth-order valence-corrected chi connectivity index (χ4v) is 3.77. The van der Waals surface area contributed by atoms with Crippen LogP contribution in [0.4, 0.5) is 5.69 Å². The van der Waals surface area contributed by atoms with Gasteiger partial charge in [0.25, 0.3) is 5.91 Å². The van der Waals surface area contributed by atoms with Crippen molar-refractivity contribution in [3.8, 4) is 0 Å². The molecule has 0 aliphatic carbocycles. The molecule has 1 aromatic heterocycles. The second-order valence-corrected chi connectivity index (χ2v) is 6.86. The molecule has 1 saturated heterocycles. The van der Waals surface area contributed by atoms with Crippen LogP contribution in [-0.2, 0) is 4.79 Å². The van der Waals surface area contributed by atoms with Gasteiger partial charge in [-0.2, -0.15) is 0 Å². The highest BCUT2D eigenvalue weighted by atomic mass is 32.1. The standard InChI is InChI=1S/C17H19N3O2S/c1-11-15(23-12(2)18-11)17(22)20-10-6-9-14(20)16(21)19-13-7-4-3-5-8-13/h3-5,7-8,14H,6,9-10H2,1-2H3,(H,19,21). The van der Waals surface area contributed by atoms with Gasteiger partial charge in [0.05, 0.1) is 10.7 Å². The number of hydrogen-bond donors (Lipinski definition) is 1. The summed E-state index contributed by atoms with van der Waals surface area (Å²) in [5.41, 5.74) is 1.49. The summed E-state index contributed by atoms with van der Waals surface area (Å²) in [4.78, 5) is 31.9. The summed E-state index contributed by atoms with van der Waals surface area (Å²) in [6.45, 7) is 4.34. The van der Waals surface area contributed by atoms with Gasteiger partial charge >= 0.3 is 0 Å². The first-order chi connectivity index (χ1) is 11.1. The van der Waals surface area contributed by atoms with E-state index in [2.05, 4.69) is 10.3 Å². The van der Waals surface area contributed by atoms with Crippen molar-refractivity contribution >= 4 is 28.8 Å². The molecule has 3 rings (SSSR count). The Morgan fingerprint density at radius 3 is 2.65 bits per heavy atom. The number of amides is 2. The topological polar surface area (TPSA) is 62.3 Å². The summed E-state index contributed by atoms with van der Waals surface area (Å²) in [7, 11) is 0. The van der Waals surface area contributed by atoms with Gasteiger partial charge in [0.1, 0.15) is 10.9 Å². The number of carbonyl (C=O) groups is 2. The van der Waals surface area contributed by atoms with E-state index in [-0.39, 0.29) is 11.8 Å². The number of rotatable bonds is 3. The van der Waals surface area contributed by atoms with E-state index in [0.29, 0.717) is 17.8 Å². The van der Waals surface area contributed by atoms with Crippen molar-refractivity contribution in [1.29, 1.82) is 0 Å². The van der Waals surface area contributed by atoms with Gasteiger partial charge in [-0.05, 0) is 38.8 Å². The van der Waals surface area contributed by atoms with E-state index in [4.69, 9.17) is 0 Å². The maximum atomic E-state index is 12.8. The largest absolute Gasteiger partial charge is 0.326 e. The summed E-state index contributed by atoms with van der Waals surface area (Å²) < 4.78 is 0. The molecule has 2 amide bonds. The summed E-state index contributed by atoms with van der Waals surface area (Å²) in [6.07, 6.45) is 1.54. The number of benzene rings is 1. The molecule has 1 fully saturated rings. The molecule has 1 aliphatic heterocycles. The molecule has 0 bridgehead atoms. The third kappa shape index (κ3) is 3.27. The monoisotopic (exact) mass is 329 g/mol. The lowest BCUT2D eigenvalue weighted by Crippen LogP contribution is -2.43. The Balaban J connectivity index is 1.76. The quantitative estimate of drug-likeness (QED) is 0.941. The van der Waals surface area contributed by atoms with Crippen LogP contribution in [0.15, 0.2) is 30.3 Å². The molecule has 1 aliphatic rings. The van der Waals surface area contributed by atoms with Crippen molar-refractivity contribution in [2.45, 2.75) is 32.7 Å². The molecule has 23 heavy (non-hydrogen) atoms. The Kier molecular flexibility index (Phi) is 4.43. The maximum Gasteiger partial charge on any atom is 0.266 e. The minimum atomic E-state index is -0.412. The third-order valence-electron chi connectivity index (χ3n) is 3.96. The van der Waals surface area contributed by atoms with Crippen molar-refractivity contribution in [1.82, 2.24) is 9.88 Å². The zero-order valence-corrected chi connectivity index (χ0v) is 14.0. The van der Waals surface area contributed by atoms with E-state index in [0.717, 1.165) is 22.8 Å². The summed E-state index contributed by atoms with van der Waals surface area (Å²) >= 11 is 1.39. The zero-order valence-electron chi connectivity index (χ0n) is 13.2. The molecule has 0 saturated carbocycles. The minimum absolute atomic E-state index is 0.0844. The molecular weight excluding hydrogens is 310 g/mol. The molecule has 6 heteroatoms. The van der Waals surface area contributed by atoms with Crippen LogP contribution in [0.3, 0.4) is 0 Å². The smallest absolute Gasteiger partial charge is 0.266 e. The number of anilines is 1. The Hall–Kier alpha value is -2.21. The van der Waals surface area contributed by atoms with E-state index in [1.807, 2.05) is 44.2 Å². The average molecular weight is 329 g/mol. The van der Waals surface area contributed by atoms with Crippen molar-refractivity contribution in [3.63, 3.8) is 0 Å². The molecular formula is C17H19N3O2S. The zero-order chi connectivity index (χ0) is 16.4. The van der Waals surface area contributed by atoms with E-state index < -0.39 is 6.04 Å². The van der Waals surface area contributed by atoms with Gasteiger partial charge in [-0.15, -0.1) is 11.3 Å². The van der Waals surface area contributed by atoms with Crippen LogP contribution in [0.5, 0.6) is 0 Å². The van der Waals surface area contributed by atoms with Gasteiger partial charge in [0.15, 0.2) is 0 Å². The normalized spacial score (nSPS) is 17.3. The number of likely N-dealkylation sites (tertiary alicyclic amines) is 1. The highest BCUT2D eigenvalue weighted by Crippen LogP contribution is 2.25. The molecule has 2 heterocycles. The van der Waals surface area contributed by atoms with E-state index in [9.17, 15) is 9.59 Å². The van der Waals surface area contributed by atoms with Crippen LogP contribution >= 0.6 is 11.3 Å². The first kappa shape index (κ1) is 15.7. The van der Waals surface area contributed by atoms with Crippen molar-refractivity contribution in [2.24, 2.45) is 0 Å². The molecule has 0 radical (unpaired) electrons. The van der Waals surface area contributed by atoms with Crippen LogP contribution in [0.2, 0.25) is 0 Å². The minimum Gasteiger partial charge on any atom is -0.326 e. The second-order valence-electron chi connectivity index (χ2n) is 5.66. The van der Waals surface area contributed by atoms with Gasteiger partial charge in [0.2, 0.25) is 5.91 Å². The lowest BCUT2D eigenvalue weighted by Gasteiger charge is -2.23. The molecule has 1 N–H and O–H groups in total. The molecule has 120 valence electrons. The number of nitrogens with zero attached hydrogens (tertiary/aromatic N) is 2. The summed E-state index contributed by atoms with van der Waals surface area (Å²) in [6, 6.07) is 8.92. The molecule has 1 unspecified atom stereocenters. The molecule has 1 aromatic carbocycles. The Labute approximate surface area is 139 Å². The Bertz CT molecular complexity index is 727. The summed E-state index contributed by atoms with van der Waals surface area (Å²) in [5.74, 6) is -0.209. The lowest BCUT2D eigenvalue weighted by atomic mass is 10.2. The third-order valence-corrected chi connectivity index (χ3v) is 5.02. The van der Waals surface area contributed by atoms with Crippen LogP contribution in [0.1, 0.15) is 33.2 Å². The number of hydrogen-bond acceptors (Lipinski definition) is 4. The number of aryl methyl sites for hydroxylation is 2. The predicted octanol–water partition coefficient (Wildman–Crippen LogP) is 3.00. The predicted molar refractivity (Wildman–Crippen MR) is 90.7 cm³/mol. The number of carbonyl (C=O) groups excluding carboxylic acids is 2. The van der Waals surface area contributed by atoms with Gasteiger partial charge in [-0.1, -0.05) is 18.2 Å². The highest BCUT2D eigenvalue weighted by Gasteiger charge is 2.35. The number of nitrogens with one attached hydrogen (secondary N) is 1. The van der Waals surface area contributed by atoms with Crippen LogP contribution in [-0.4, -0.2) is 34.3 Å². The fourth-order valence-electron chi connectivity index (χ4n) is 2.89. The SMILES string of the molecule is Cc1nc(C)c(C(=O)N2CCCC2C(=O)Nc2ccccc2)s1. The summed E-state index contributed by atoms with van der Waals surface area (Å²) in [5, 5.41) is 3.77. The fraction of sp³-hybridized carbons (Fsp3) is 0.353. The Morgan fingerprint density at radius 1 is 1.26 bits per heavy atom. The Morgan fingerprint density at radius 2 is 2.00 bits per heavy atom. The van der Waals surface area contributed by atoms with E-state index >= 15 is 0 Å². The first-order valence-corrected chi connectivity index (χ1v) is 8.49. The highest BCUT2D eigenvalue weighted by molar-refractivity contribution is 7.13. The van der Waals surface area contributed by atoms with Gasteiger partial charge in [-0.3, -0.25) is 9.59 Å². The maximum absolute atomic E-state index is 12.8. The van der Waals surface area contributed by atoms with Gasteiger partial charge in [-0.25, -0.2) is 4.98 Å². The van der Waals surface area contributed by atoms with Gasteiger partial charge in [0, 0.05) is 12.2 Å². The lowest BCUT2D eigenvalue weighted by molar-refractivity contribution is -0.119. The second kappa shape index (κ2) is 6.50. The van der Waals surface area contributed by atoms with E-state index in [1.54, 1.807) is 4.90 Å². The van der Waals surface area contributed by atoms with Crippen molar-refractivity contribution in [2.75, 3.05) is 11.9 Å². The van der Waals surface area contributed by atoms with Crippen LogP contribution < -0.4 is 5.32 Å². The molecule has 1 atom stereocenters. The number of thiazole rings is 1. The molecule has 2 aromatic rings.